The number of esters is 1. The van der Waals surface area contributed by atoms with Gasteiger partial charge >= 0.3 is 5.97 Å². The highest BCUT2D eigenvalue weighted by atomic mass is 35.5. The smallest absolute Gasteiger partial charge is 0.337 e. The Hall–Kier alpha value is -2.90. The second kappa shape index (κ2) is 9.54. The first kappa shape index (κ1) is 20.8. The van der Waals surface area contributed by atoms with Gasteiger partial charge in [0.25, 0.3) is 5.91 Å². The lowest BCUT2D eigenvalue weighted by atomic mass is 10.2. The number of nitrogens with one attached hydrogen (secondary N) is 1. The average Bonchev–Trinajstić information content (AvgIpc) is 2.74. The van der Waals surface area contributed by atoms with E-state index < -0.39 is 5.97 Å². The predicted octanol–water partition coefficient (Wildman–Crippen LogP) is 2.52. The van der Waals surface area contributed by atoms with Crippen LogP contribution in [-0.2, 0) is 9.53 Å². The molecule has 1 aliphatic rings. The first-order chi connectivity index (χ1) is 14.0. The number of nitrogens with zero attached hydrogens (tertiary/aromatic N) is 2. The number of rotatable bonds is 5. The third-order valence-corrected chi connectivity index (χ3v) is 4.96. The van der Waals surface area contributed by atoms with E-state index in [-0.39, 0.29) is 18.4 Å². The number of benzene rings is 2. The third-order valence-electron chi connectivity index (χ3n) is 4.71. The molecule has 0 aromatic heterocycles. The summed E-state index contributed by atoms with van der Waals surface area (Å²) in [7, 11) is 1.32. The minimum atomic E-state index is -0.422. The zero-order valence-corrected chi connectivity index (χ0v) is 16.8. The highest BCUT2D eigenvalue weighted by Gasteiger charge is 2.23. The number of hydrogen-bond acceptors (Lipinski definition) is 5. The maximum absolute atomic E-state index is 12.5. The van der Waals surface area contributed by atoms with Gasteiger partial charge in [-0.25, -0.2) is 4.79 Å². The maximum atomic E-state index is 12.5. The van der Waals surface area contributed by atoms with Gasteiger partial charge < -0.3 is 15.0 Å². The molecular formula is C21H22ClN3O4. The number of piperazine rings is 1. The summed E-state index contributed by atoms with van der Waals surface area (Å²) in [4.78, 5) is 40.0. The lowest BCUT2D eigenvalue weighted by Crippen LogP contribution is -2.50. The van der Waals surface area contributed by atoms with Crippen molar-refractivity contribution in [3.63, 3.8) is 0 Å². The lowest BCUT2D eigenvalue weighted by Gasteiger charge is -2.34. The molecule has 152 valence electrons. The summed E-state index contributed by atoms with van der Waals surface area (Å²) in [5, 5.41) is 3.41. The topological polar surface area (TPSA) is 79.0 Å². The van der Waals surface area contributed by atoms with Crippen LogP contribution >= 0.6 is 11.6 Å². The summed E-state index contributed by atoms with van der Waals surface area (Å²) in [6.07, 6.45) is 0. The van der Waals surface area contributed by atoms with Gasteiger partial charge in [0.1, 0.15) is 0 Å². The van der Waals surface area contributed by atoms with Gasteiger partial charge in [-0.3, -0.25) is 14.5 Å². The van der Waals surface area contributed by atoms with E-state index in [4.69, 9.17) is 11.6 Å². The molecule has 1 saturated heterocycles. The van der Waals surface area contributed by atoms with E-state index >= 15 is 0 Å². The van der Waals surface area contributed by atoms with E-state index in [0.717, 1.165) is 0 Å². The average molecular weight is 416 g/mol. The van der Waals surface area contributed by atoms with Gasteiger partial charge in [0.15, 0.2) is 0 Å². The molecule has 1 N–H and O–H groups in total. The molecule has 0 saturated carbocycles. The number of carbonyl (C=O) groups excluding carboxylic acids is 3. The fraction of sp³-hybridized carbons (Fsp3) is 0.286. The molecule has 0 bridgehead atoms. The van der Waals surface area contributed by atoms with Crippen LogP contribution in [0.3, 0.4) is 0 Å². The molecule has 2 aromatic carbocycles. The standard InChI is InChI=1S/C21H22ClN3O4/c1-29-21(28)16-4-8-18(9-5-16)23-19(26)14-24-10-12-25(13-11-24)20(27)15-2-6-17(22)7-3-15/h2-9H,10-14H2,1H3,(H,23,26). The highest BCUT2D eigenvalue weighted by molar-refractivity contribution is 6.30. The zero-order chi connectivity index (χ0) is 20.8. The molecule has 2 aromatic rings. The number of carbonyl (C=O) groups is 3. The van der Waals surface area contributed by atoms with Crippen molar-refractivity contribution >= 4 is 35.1 Å². The molecule has 3 rings (SSSR count). The Morgan fingerprint density at radius 3 is 2.10 bits per heavy atom. The van der Waals surface area contributed by atoms with E-state index in [0.29, 0.717) is 48.0 Å². The maximum Gasteiger partial charge on any atom is 0.337 e. The van der Waals surface area contributed by atoms with Gasteiger partial charge in [0.05, 0.1) is 19.2 Å². The minimum Gasteiger partial charge on any atom is -0.465 e. The Morgan fingerprint density at radius 1 is 0.931 bits per heavy atom. The second-order valence-electron chi connectivity index (χ2n) is 6.69. The predicted molar refractivity (Wildman–Crippen MR) is 110 cm³/mol. The van der Waals surface area contributed by atoms with Crippen molar-refractivity contribution in [1.82, 2.24) is 9.80 Å². The number of amides is 2. The largest absolute Gasteiger partial charge is 0.465 e. The van der Waals surface area contributed by atoms with Crippen molar-refractivity contribution in [1.29, 1.82) is 0 Å². The Bertz CT molecular complexity index is 876. The van der Waals surface area contributed by atoms with Crippen molar-refractivity contribution < 1.29 is 19.1 Å². The Labute approximate surface area is 174 Å². The quantitative estimate of drug-likeness (QED) is 0.759. The number of halogens is 1. The fourth-order valence-corrected chi connectivity index (χ4v) is 3.22. The summed E-state index contributed by atoms with van der Waals surface area (Å²) in [6.45, 7) is 2.59. The van der Waals surface area contributed by atoms with Crippen molar-refractivity contribution in [2.24, 2.45) is 0 Å². The van der Waals surface area contributed by atoms with Crippen LogP contribution in [-0.4, -0.2) is 67.4 Å². The van der Waals surface area contributed by atoms with Crippen LogP contribution in [0.5, 0.6) is 0 Å². The van der Waals surface area contributed by atoms with Crippen LogP contribution in [0.1, 0.15) is 20.7 Å². The molecule has 2 amide bonds. The van der Waals surface area contributed by atoms with E-state index in [2.05, 4.69) is 10.1 Å². The third kappa shape index (κ3) is 5.56. The summed E-state index contributed by atoms with van der Waals surface area (Å²) in [6, 6.07) is 13.4. The van der Waals surface area contributed by atoms with Crippen LogP contribution in [0, 0.1) is 0 Å². The van der Waals surface area contributed by atoms with E-state index in [1.807, 2.05) is 4.90 Å². The van der Waals surface area contributed by atoms with E-state index in [1.54, 1.807) is 53.4 Å². The van der Waals surface area contributed by atoms with E-state index in [9.17, 15) is 14.4 Å². The van der Waals surface area contributed by atoms with Crippen molar-refractivity contribution in [3.8, 4) is 0 Å². The van der Waals surface area contributed by atoms with Crippen molar-refractivity contribution in [2.45, 2.75) is 0 Å². The SMILES string of the molecule is COC(=O)c1ccc(NC(=O)CN2CCN(C(=O)c3ccc(Cl)cc3)CC2)cc1. The minimum absolute atomic E-state index is 0.0311. The molecule has 1 aliphatic heterocycles. The Kier molecular flexibility index (Phi) is 6.85. The summed E-state index contributed by atoms with van der Waals surface area (Å²) in [5.41, 5.74) is 1.64. The van der Waals surface area contributed by atoms with Crippen molar-refractivity contribution in [2.75, 3.05) is 45.2 Å². The number of ether oxygens (including phenoxy) is 1. The number of anilines is 1. The molecule has 7 nitrogen and oxygen atoms in total. The molecule has 0 spiro atoms. The van der Waals surface area contributed by atoms with Gasteiger partial charge in [-0.2, -0.15) is 0 Å². The molecule has 0 unspecified atom stereocenters. The molecule has 1 fully saturated rings. The summed E-state index contributed by atoms with van der Waals surface area (Å²) >= 11 is 5.87. The zero-order valence-electron chi connectivity index (χ0n) is 16.1. The molecule has 29 heavy (non-hydrogen) atoms. The molecular weight excluding hydrogens is 394 g/mol. The van der Waals surface area contributed by atoms with Crippen LogP contribution in [0.2, 0.25) is 5.02 Å². The van der Waals surface area contributed by atoms with Gasteiger partial charge in [-0.1, -0.05) is 11.6 Å². The molecule has 0 aliphatic carbocycles. The van der Waals surface area contributed by atoms with Crippen LogP contribution in [0.15, 0.2) is 48.5 Å². The van der Waals surface area contributed by atoms with Crippen LogP contribution in [0.4, 0.5) is 5.69 Å². The Balaban J connectivity index is 1.46. The van der Waals surface area contributed by atoms with Crippen LogP contribution < -0.4 is 5.32 Å². The lowest BCUT2D eigenvalue weighted by molar-refractivity contribution is -0.117. The second-order valence-corrected chi connectivity index (χ2v) is 7.13. The number of hydrogen-bond donors (Lipinski definition) is 1. The van der Waals surface area contributed by atoms with Gasteiger partial charge in [-0.15, -0.1) is 0 Å². The molecule has 0 atom stereocenters. The molecule has 0 radical (unpaired) electrons. The highest BCUT2D eigenvalue weighted by Crippen LogP contribution is 2.14. The Morgan fingerprint density at radius 2 is 1.52 bits per heavy atom. The summed E-state index contributed by atoms with van der Waals surface area (Å²) < 4.78 is 4.65. The number of methoxy groups -OCH3 is 1. The molecule has 8 heteroatoms. The van der Waals surface area contributed by atoms with Gasteiger partial charge in [0, 0.05) is 42.5 Å². The summed E-state index contributed by atoms with van der Waals surface area (Å²) in [5.74, 6) is -0.598. The van der Waals surface area contributed by atoms with Crippen molar-refractivity contribution in [3.05, 3.63) is 64.7 Å². The van der Waals surface area contributed by atoms with Gasteiger partial charge in [-0.05, 0) is 48.5 Å². The molecule has 1 heterocycles. The monoisotopic (exact) mass is 415 g/mol. The first-order valence-electron chi connectivity index (χ1n) is 9.21. The first-order valence-corrected chi connectivity index (χ1v) is 9.59. The normalized spacial score (nSPS) is 14.3. The van der Waals surface area contributed by atoms with Crippen LogP contribution in [0.25, 0.3) is 0 Å². The fourth-order valence-electron chi connectivity index (χ4n) is 3.10. The van der Waals surface area contributed by atoms with Gasteiger partial charge in [0.2, 0.25) is 5.91 Å². The van der Waals surface area contributed by atoms with E-state index in [1.165, 1.54) is 7.11 Å².